The van der Waals surface area contributed by atoms with Crippen LogP contribution in [-0.4, -0.2) is 17.1 Å². The lowest BCUT2D eigenvalue weighted by Gasteiger charge is -2.32. The third-order valence-electron chi connectivity index (χ3n) is 4.66. The van der Waals surface area contributed by atoms with E-state index in [9.17, 15) is 4.79 Å². The van der Waals surface area contributed by atoms with Crippen LogP contribution in [0, 0.1) is 0 Å². The second-order valence-electron chi connectivity index (χ2n) is 6.43. The first-order valence-electron chi connectivity index (χ1n) is 8.39. The zero-order valence-corrected chi connectivity index (χ0v) is 15.3. The fourth-order valence-corrected chi connectivity index (χ4v) is 3.81. The molecule has 0 radical (unpaired) electrons. The van der Waals surface area contributed by atoms with Gasteiger partial charge in [-0.2, -0.15) is 0 Å². The van der Waals surface area contributed by atoms with Gasteiger partial charge in [0.25, 0.3) is 5.91 Å². The summed E-state index contributed by atoms with van der Waals surface area (Å²) in [6.07, 6.45) is 5.75. The van der Waals surface area contributed by atoms with Gasteiger partial charge in [0, 0.05) is 16.8 Å². The number of rotatable bonds is 3. The van der Waals surface area contributed by atoms with Crippen LogP contribution in [0.4, 0.5) is 0 Å². The van der Waals surface area contributed by atoms with Gasteiger partial charge in [0.05, 0.1) is 11.6 Å². The number of nitrogens with one attached hydrogen (secondary N) is 3. The molecule has 0 aromatic heterocycles. The predicted molar refractivity (Wildman–Crippen MR) is 101 cm³/mol. The van der Waals surface area contributed by atoms with E-state index in [2.05, 4.69) is 16.0 Å². The number of halogens is 1. The molecule has 1 aliphatic carbocycles. The zero-order chi connectivity index (χ0) is 17.1. The number of amides is 1. The van der Waals surface area contributed by atoms with Gasteiger partial charge in [-0.15, -0.1) is 0 Å². The molecule has 0 spiro atoms. The number of carbonyl (C=O) groups excluding carboxylic acids is 1. The molecular formula is C18H22ClN3OS. The number of hydrogen-bond acceptors (Lipinski definition) is 2. The highest BCUT2D eigenvalue weighted by Crippen LogP contribution is 2.28. The van der Waals surface area contributed by atoms with Gasteiger partial charge >= 0.3 is 0 Å². The Morgan fingerprint density at radius 3 is 2.54 bits per heavy atom. The topological polar surface area (TPSA) is 53.2 Å². The molecule has 6 heteroatoms. The second-order valence-corrected chi connectivity index (χ2v) is 7.27. The maximum absolute atomic E-state index is 12.9. The fraction of sp³-hybridized carbons (Fsp3) is 0.444. The van der Waals surface area contributed by atoms with Crippen LogP contribution in [-0.2, 0) is 4.79 Å². The van der Waals surface area contributed by atoms with E-state index in [1.165, 1.54) is 19.3 Å². The minimum Gasteiger partial charge on any atom is -0.351 e. The van der Waals surface area contributed by atoms with Gasteiger partial charge in [0.15, 0.2) is 5.11 Å². The van der Waals surface area contributed by atoms with Crippen molar-refractivity contribution >= 4 is 34.8 Å². The van der Waals surface area contributed by atoms with Crippen molar-refractivity contribution in [3.05, 3.63) is 46.1 Å². The lowest BCUT2D eigenvalue weighted by molar-refractivity contribution is -0.118. The highest BCUT2D eigenvalue weighted by molar-refractivity contribution is 7.80. The third kappa shape index (κ3) is 3.90. The summed E-state index contributed by atoms with van der Waals surface area (Å²) >= 11 is 11.3. The zero-order valence-electron chi connectivity index (χ0n) is 13.7. The Bertz CT molecular complexity index is 665. The minimum atomic E-state index is -0.264. The molecule has 2 aliphatic rings. The molecule has 3 N–H and O–H groups in total. The molecule has 24 heavy (non-hydrogen) atoms. The summed E-state index contributed by atoms with van der Waals surface area (Å²) in [6.45, 7) is 1.89. The molecule has 1 fully saturated rings. The van der Waals surface area contributed by atoms with Gasteiger partial charge in [0.1, 0.15) is 0 Å². The second kappa shape index (κ2) is 7.53. The summed E-state index contributed by atoms with van der Waals surface area (Å²) in [5.41, 5.74) is 2.46. The SMILES string of the molecule is CC1=C(C(=O)NC2CCCCC2)C(c2ccc(Cl)cc2)NC(=S)N1. The molecule has 0 bridgehead atoms. The largest absolute Gasteiger partial charge is 0.351 e. The molecule has 1 atom stereocenters. The third-order valence-corrected chi connectivity index (χ3v) is 5.13. The quantitative estimate of drug-likeness (QED) is 0.718. The highest BCUT2D eigenvalue weighted by atomic mass is 35.5. The van der Waals surface area contributed by atoms with Gasteiger partial charge in [-0.05, 0) is 49.7 Å². The van der Waals surface area contributed by atoms with Crippen molar-refractivity contribution in [2.75, 3.05) is 0 Å². The maximum atomic E-state index is 12.9. The number of hydrogen-bond donors (Lipinski definition) is 3. The average molecular weight is 364 g/mol. The van der Waals surface area contributed by atoms with Gasteiger partial charge in [0.2, 0.25) is 0 Å². The molecule has 3 rings (SSSR count). The van der Waals surface area contributed by atoms with Crippen LogP contribution in [0.1, 0.15) is 50.6 Å². The van der Waals surface area contributed by atoms with Crippen molar-refractivity contribution in [3.63, 3.8) is 0 Å². The van der Waals surface area contributed by atoms with Crippen LogP contribution in [0.2, 0.25) is 5.02 Å². The van der Waals surface area contributed by atoms with Crippen LogP contribution in [0.25, 0.3) is 0 Å². The van der Waals surface area contributed by atoms with Gasteiger partial charge in [-0.25, -0.2) is 0 Å². The summed E-state index contributed by atoms with van der Waals surface area (Å²) in [6, 6.07) is 7.51. The van der Waals surface area contributed by atoms with Crippen molar-refractivity contribution in [2.45, 2.75) is 51.1 Å². The van der Waals surface area contributed by atoms with Crippen molar-refractivity contribution in [1.29, 1.82) is 0 Å². The molecular weight excluding hydrogens is 342 g/mol. The normalized spacial score (nSPS) is 21.9. The van der Waals surface area contributed by atoms with Crippen molar-refractivity contribution in [2.24, 2.45) is 0 Å². The molecule has 1 aromatic rings. The summed E-state index contributed by atoms with van der Waals surface area (Å²) < 4.78 is 0. The van der Waals surface area contributed by atoms with E-state index in [4.69, 9.17) is 23.8 Å². The van der Waals surface area contributed by atoms with Crippen molar-refractivity contribution in [1.82, 2.24) is 16.0 Å². The lowest BCUT2D eigenvalue weighted by Crippen LogP contribution is -2.48. The highest BCUT2D eigenvalue weighted by Gasteiger charge is 2.31. The van der Waals surface area contributed by atoms with Crippen molar-refractivity contribution in [3.8, 4) is 0 Å². The smallest absolute Gasteiger partial charge is 0.251 e. The molecule has 0 saturated heterocycles. The Morgan fingerprint density at radius 1 is 1.21 bits per heavy atom. The molecule has 4 nitrogen and oxygen atoms in total. The first kappa shape index (κ1) is 17.2. The fourth-order valence-electron chi connectivity index (χ4n) is 3.41. The van der Waals surface area contributed by atoms with Crippen LogP contribution >= 0.6 is 23.8 Å². The van der Waals surface area contributed by atoms with Gasteiger partial charge < -0.3 is 16.0 Å². The number of carbonyl (C=O) groups is 1. The van der Waals surface area contributed by atoms with E-state index >= 15 is 0 Å². The number of benzene rings is 1. The number of allylic oxidation sites excluding steroid dienone is 1. The summed E-state index contributed by atoms with van der Waals surface area (Å²) in [5.74, 6) is -0.0261. The Kier molecular flexibility index (Phi) is 5.41. The number of thiocarbonyl (C=S) groups is 1. The van der Waals surface area contributed by atoms with Crippen LogP contribution in [0.15, 0.2) is 35.5 Å². The average Bonchev–Trinajstić information content (AvgIpc) is 2.55. The van der Waals surface area contributed by atoms with E-state index < -0.39 is 0 Å². The van der Waals surface area contributed by atoms with Crippen LogP contribution in [0.5, 0.6) is 0 Å². The molecule has 1 unspecified atom stereocenters. The Labute approximate surface area is 153 Å². The summed E-state index contributed by atoms with van der Waals surface area (Å²) in [4.78, 5) is 12.9. The van der Waals surface area contributed by atoms with Gasteiger partial charge in [-0.1, -0.05) is 43.0 Å². The minimum absolute atomic E-state index is 0.0261. The van der Waals surface area contributed by atoms with E-state index in [-0.39, 0.29) is 18.0 Å². The summed E-state index contributed by atoms with van der Waals surface area (Å²) in [7, 11) is 0. The van der Waals surface area contributed by atoms with Crippen LogP contribution in [0.3, 0.4) is 0 Å². The van der Waals surface area contributed by atoms with Gasteiger partial charge in [-0.3, -0.25) is 4.79 Å². The Hall–Kier alpha value is -1.59. The van der Waals surface area contributed by atoms with Crippen molar-refractivity contribution < 1.29 is 4.79 Å². The molecule has 1 aliphatic heterocycles. The molecule has 1 aromatic carbocycles. The van der Waals surface area contributed by atoms with E-state index in [1.54, 1.807) is 0 Å². The van der Waals surface area contributed by atoms with Crippen LogP contribution < -0.4 is 16.0 Å². The molecule has 1 amide bonds. The molecule has 1 heterocycles. The standard InChI is InChI=1S/C18H22ClN3OS/c1-11-15(17(23)21-14-5-3-2-4-6-14)16(22-18(24)20-11)12-7-9-13(19)10-8-12/h7-10,14,16H,2-6H2,1H3,(H,21,23)(H2,20,22,24). The first-order valence-corrected chi connectivity index (χ1v) is 9.18. The Balaban J connectivity index is 1.85. The molecule has 1 saturated carbocycles. The first-order chi connectivity index (χ1) is 11.5. The predicted octanol–water partition coefficient (Wildman–Crippen LogP) is 3.58. The van der Waals surface area contributed by atoms with E-state index in [0.29, 0.717) is 15.7 Å². The van der Waals surface area contributed by atoms with E-state index in [0.717, 1.165) is 24.1 Å². The monoisotopic (exact) mass is 363 g/mol. The lowest BCUT2D eigenvalue weighted by atomic mass is 9.92. The Morgan fingerprint density at radius 2 is 1.88 bits per heavy atom. The maximum Gasteiger partial charge on any atom is 0.251 e. The molecule has 128 valence electrons. The van der Waals surface area contributed by atoms with E-state index in [1.807, 2.05) is 31.2 Å². The summed E-state index contributed by atoms with van der Waals surface area (Å²) in [5, 5.41) is 10.7.